The second kappa shape index (κ2) is 6.21. The Labute approximate surface area is 109 Å². The minimum absolute atomic E-state index is 0.0562. The predicted molar refractivity (Wildman–Crippen MR) is 66.1 cm³/mol. The van der Waals surface area contributed by atoms with E-state index < -0.39 is 12.2 Å². The van der Waals surface area contributed by atoms with Crippen LogP contribution >= 0.6 is 23.2 Å². The number of benzene rings is 1. The topological polar surface area (TPSA) is 69.6 Å². The summed E-state index contributed by atoms with van der Waals surface area (Å²) in [5.41, 5.74) is 0.331. The van der Waals surface area contributed by atoms with E-state index in [0.29, 0.717) is 15.6 Å². The zero-order valence-corrected chi connectivity index (χ0v) is 10.7. The summed E-state index contributed by atoms with van der Waals surface area (Å²) in [5.74, 6) is -0.284. The molecule has 0 saturated heterocycles. The Hall–Kier alpha value is -0.810. The summed E-state index contributed by atoms with van der Waals surface area (Å²) in [6, 6.07) is 4.60. The van der Waals surface area contributed by atoms with Gasteiger partial charge in [-0.1, -0.05) is 23.2 Å². The van der Waals surface area contributed by atoms with Crippen LogP contribution in [0.4, 0.5) is 0 Å². The molecule has 0 aliphatic heterocycles. The molecule has 0 bridgehead atoms. The first-order chi connectivity index (χ1) is 7.91. The molecule has 2 atom stereocenters. The normalized spacial score (nSPS) is 14.2. The largest absolute Gasteiger partial charge is 0.388 e. The summed E-state index contributed by atoms with van der Waals surface area (Å²) in [5, 5.41) is 22.7. The van der Waals surface area contributed by atoms with Crippen molar-refractivity contribution in [3.63, 3.8) is 0 Å². The summed E-state index contributed by atoms with van der Waals surface area (Å²) in [7, 11) is 0. The molecule has 94 valence electrons. The summed E-state index contributed by atoms with van der Waals surface area (Å²) in [6.45, 7) is 1.27. The fourth-order valence-electron chi connectivity index (χ4n) is 1.31. The number of hydrogen-bond donors (Lipinski definition) is 3. The molecule has 4 nitrogen and oxygen atoms in total. The van der Waals surface area contributed by atoms with Gasteiger partial charge >= 0.3 is 0 Å². The quantitative estimate of drug-likeness (QED) is 0.782. The molecule has 0 aromatic heterocycles. The predicted octanol–water partition coefficient (Wildman–Crippen LogP) is 1.52. The van der Waals surface area contributed by atoms with Gasteiger partial charge in [-0.2, -0.15) is 0 Å². The zero-order chi connectivity index (χ0) is 13.0. The third-order valence-corrected chi connectivity index (χ3v) is 2.78. The van der Waals surface area contributed by atoms with E-state index >= 15 is 0 Å². The van der Waals surface area contributed by atoms with Crippen molar-refractivity contribution in [2.45, 2.75) is 19.1 Å². The first kappa shape index (κ1) is 14.3. The van der Waals surface area contributed by atoms with Crippen LogP contribution in [0.3, 0.4) is 0 Å². The molecule has 0 spiro atoms. The Balaban J connectivity index is 2.77. The van der Waals surface area contributed by atoms with Crippen LogP contribution in [0.2, 0.25) is 10.0 Å². The fourth-order valence-corrected chi connectivity index (χ4v) is 1.72. The van der Waals surface area contributed by atoms with E-state index in [4.69, 9.17) is 23.2 Å². The van der Waals surface area contributed by atoms with Gasteiger partial charge in [-0.25, -0.2) is 0 Å². The number of nitrogens with one attached hydrogen (secondary N) is 1. The average molecular weight is 278 g/mol. The Bertz CT molecular complexity index is 412. The van der Waals surface area contributed by atoms with Gasteiger partial charge in [0.15, 0.2) is 0 Å². The second-order valence-electron chi connectivity index (χ2n) is 3.62. The van der Waals surface area contributed by atoms with E-state index in [2.05, 4.69) is 5.32 Å². The third kappa shape index (κ3) is 4.16. The molecule has 0 saturated carbocycles. The number of aliphatic hydroxyl groups excluding tert-OH is 2. The summed E-state index contributed by atoms with van der Waals surface area (Å²) in [4.78, 5) is 10.7. The van der Waals surface area contributed by atoms with Crippen molar-refractivity contribution in [2.24, 2.45) is 0 Å². The van der Waals surface area contributed by atoms with E-state index in [-0.39, 0.29) is 12.5 Å². The van der Waals surface area contributed by atoms with Crippen molar-refractivity contribution in [3.8, 4) is 0 Å². The standard InChI is InChI=1S/C11H13Cl2NO3/c1-6(15)14-5-10(16)11(17)8-4-7(12)2-3-9(8)13/h2-4,10-11,16-17H,5H2,1H3,(H,14,15). The van der Waals surface area contributed by atoms with Crippen LogP contribution in [0.15, 0.2) is 18.2 Å². The number of amides is 1. The van der Waals surface area contributed by atoms with Gasteiger partial charge in [0.1, 0.15) is 12.2 Å². The Morgan fingerprint density at radius 1 is 1.41 bits per heavy atom. The molecule has 1 rings (SSSR count). The maximum atomic E-state index is 10.7. The third-order valence-electron chi connectivity index (χ3n) is 2.20. The highest BCUT2D eigenvalue weighted by Crippen LogP contribution is 2.28. The van der Waals surface area contributed by atoms with Crippen LogP contribution in [0.1, 0.15) is 18.6 Å². The first-order valence-electron chi connectivity index (χ1n) is 4.97. The number of halogens is 2. The molecule has 0 aliphatic carbocycles. The highest BCUT2D eigenvalue weighted by Gasteiger charge is 2.21. The van der Waals surface area contributed by atoms with Gasteiger partial charge in [0, 0.05) is 29.1 Å². The number of carbonyl (C=O) groups is 1. The van der Waals surface area contributed by atoms with Crippen LogP contribution in [0, 0.1) is 0 Å². The lowest BCUT2D eigenvalue weighted by molar-refractivity contribution is -0.119. The van der Waals surface area contributed by atoms with Crippen molar-refractivity contribution in [1.29, 1.82) is 0 Å². The number of carbonyl (C=O) groups excluding carboxylic acids is 1. The van der Waals surface area contributed by atoms with Gasteiger partial charge in [0.2, 0.25) is 5.91 Å². The lowest BCUT2D eigenvalue weighted by Gasteiger charge is -2.19. The van der Waals surface area contributed by atoms with Crippen molar-refractivity contribution in [3.05, 3.63) is 33.8 Å². The van der Waals surface area contributed by atoms with Gasteiger partial charge < -0.3 is 15.5 Å². The minimum Gasteiger partial charge on any atom is -0.388 e. The molecular weight excluding hydrogens is 265 g/mol. The molecule has 2 unspecified atom stereocenters. The number of hydrogen-bond acceptors (Lipinski definition) is 3. The molecule has 1 amide bonds. The molecule has 0 fully saturated rings. The smallest absolute Gasteiger partial charge is 0.216 e. The Morgan fingerprint density at radius 3 is 2.65 bits per heavy atom. The van der Waals surface area contributed by atoms with E-state index in [0.717, 1.165) is 0 Å². The monoisotopic (exact) mass is 277 g/mol. The molecule has 17 heavy (non-hydrogen) atoms. The van der Waals surface area contributed by atoms with E-state index in [1.54, 1.807) is 6.07 Å². The van der Waals surface area contributed by atoms with Crippen molar-refractivity contribution < 1.29 is 15.0 Å². The summed E-state index contributed by atoms with van der Waals surface area (Å²) in [6.07, 6.45) is -2.34. The van der Waals surface area contributed by atoms with Gasteiger partial charge in [-0.3, -0.25) is 4.79 Å². The van der Waals surface area contributed by atoms with Gasteiger partial charge in [0.05, 0.1) is 0 Å². The molecular formula is C11H13Cl2NO3. The SMILES string of the molecule is CC(=O)NCC(O)C(O)c1cc(Cl)ccc1Cl. The highest BCUT2D eigenvalue weighted by molar-refractivity contribution is 6.33. The van der Waals surface area contributed by atoms with E-state index in [1.165, 1.54) is 19.1 Å². The highest BCUT2D eigenvalue weighted by atomic mass is 35.5. The molecule has 1 aromatic carbocycles. The molecule has 0 heterocycles. The summed E-state index contributed by atoms with van der Waals surface area (Å²) < 4.78 is 0. The van der Waals surface area contributed by atoms with Crippen LogP contribution in [0.5, 0.6) is 0 Å². The molecule has 0 aliphatic rings. The van der Waals surface area contributed by atoms with Crippen LogP contribution in [-0.4, -0.2) is 28.8 Å². The number of aliphatic hydroxyl groups is 2. The van der Waals surface area contributed by atoms with Gasteiger partial charge in [-0.05, 0) is 18.2 Å². The van der Waals surface area contributed by atoms with E-state index in [9.17, 15) is 15.0 Å². The summed E-state index contributed by atoms with van der Waals surface area (Å²) >= 11 is 11.7. The fraction of sp³-hybridized carbons (Fsp3) is 0.364. The van der Waals surface area contributed by atoms with Gasteiger partial charge in [-0.15, -0.1) is 0 Å². The molecule has 3 N–H and O–H groups in total. The maximum absolute atomic E-state index is 10.7. The van der Waals surface area contributed by atoms with Gasteiger partial charge in [0.25, 0.3) is 0 Å². The minimum atomic E-state index is -1.20. The number of rotatable bonds is 4. The van der Waals surface area contributed by atoms with Crippen molar-refractivity contribution in [2.75, 3.05) is 6.54 Å². The van der Waals surface area contributed by atoms with Crippen molar-refractivity contribution in [1.82, 2.24) is 5.32 Å². The lowest BCUT2D eigenvalue weighted by Crippen LogP contribution is -2.34. The Kier molecular flexibility index (Phi) is 5.21. The second-order valence-corrected chi connectivity index (χ2v) is 4.46. The average Bonchev–Trinajstić information content (AvgIpc) is 2.28. The van der Waals surface area contributed by atoms with Crippen LogP contribution < -0.4 is 5.32 Å². The van der Waals surface area contributed by atoms with Crippen molar-refractivity contribution >= 4 is 29.1 Å². The lowest BCUT2D eigenvalue weighted by atomic mass is 10.0. The molecule has 6 heteroatoms. The first-order valence-corrected chi connectivity index (χ1v) is 5.73. The molecule has 0 radical (unpaired) electrons. The zero-order valence-electron chi connectivity index (χ0n) is 9.15. The van der Waals surface area contributed by atoms with E-state index in [1.807, 2.05) is 0 Å². The maximum Gasteiger partial charge on any atom is 0.216 e. The van der Waals surface area contributed by atoms with Crippen LogP contribution in [-0.2, 0) is 4.79 Å². The Morgan fingerprint density at radius 2 is 2.06 bits per heavy atom. The molecule has 1 aromatic rings. The van der Waals surface area contributed by atoms with Crippen LogP contribution in [0.25, 0.3) is 0 Å².